The summed E-state index contributed by atoms with van der Waals surface area (Å²) in [7, 11) is 0. The Kier molecular flexibility index (Phi) is 3.67. The van der Waals surface area contributed by atoms with Crippen LogP contribution >= 0.6 is 0 Å². The molecular weight excluding hydrogens is 232 g/mol. The van der Waals surface area contributed by atoms with E-state index >= 15 is 0 Å². The zero-order valence-electron chi connectivity index (χ0n) is 11.6. The van der Waals surface area contributed by atoms with Crippen molar-refractivity contribution in [2.45, 2.75) is 32.6 Å². The van der Waals surface area contributed by atoms with Gasteiger partial charge in [-0.15, -0.1) is 0 Å². The van der Waals surface area contributed by atoms with Gasteiger partial charge in [0.2, 0.25) is 0 Å². The number of aromatic nitrogens is 1. The average molecular weight is 254 g/mol. The second-order valence-corrected chi connectivity index (χ2v) is 5.91. The van der Waals surface area contributed by atoms with E-state index in [2.05, 4.69) is 47.6 Å². The topological polar surface area (TPSA) is 24.9 Å². The highest BCUT2D eigenvalue weighted by Gasteiger charge is 2.18. The highest BCUT2D eigenvalue weighted by Crippen LogP contribution is 2.28. The van der Waals surface area contributed by atoms with E-state index in [0.717, 1.165) is 29.7 Å². The Morgan fingerprint density at radius 3 is 2.95 bits per heavy atom. The van der Waals surface area contributed by atoms with Gasteiger partial charge in [-0.2, -0.15) is 0 Å². The second-order valence-electron chi connectivity index (χ2n) is 5.91. The van der Waals surface area contributed by atoms with E-state index in [-0.39, 0.29) is 0 Å². The predicted molar refractivity (Wildman–Crippen MR) is 81.4 cm³/mol. The first kappa shape index (κ1) is 12.5. The van der Waals surface area contributed by atoms with Gasteiger partial charge in [-0.1, -0.05) is 38.0 Å². The molecule has 0 amide bonds. The summed E-state index contributed by atoms with van der Waals surface area (Å²) in [5.74, 6) is 2.72. The molecule has 1 heterocycles. The minimum absolute atomic E-state index is 0.817. The smallest absolute Gasteiger partial charge is 0.126 e. The van der Waals surface area contributed by atoms with Crippen molar-refractivity contribution in [2.75, 3.05) is 11.9 Å². The van der Waals surface area contributed by atoms with Crippen LogP contribution in [0.3, 0.4) is 0 Å². The van der Waals surface area contributed by atoms with Crippen LogP contribution in [0.2, 0.25) is 0 Å². The van der Waals surface area contributed by atoms with E-state index in [1.54, 1.807) is 0 Å². The van der Waals surface area contributed by atoms with Gasteiger partial charge in [0.25, 0.3) is 0 Å². The molecule has 1 saturated carbocycles. The lowest BCUT2D eigenvalue weighted by Gasteiger charge is -2.26. The molecule has 19 heavy (non-hydrogen) atoms. The lowest BCUT2D eigenvalue weighted by molar-refractivity contribution is 0.293. The van der Waals surface area contributed by atoms with E-state index in [0.29, 0.717) is 0 Å². The Morgan fingerprint density at radius 1 is 1.16 bits per heavy atom. The number of rotatable bonds is 3. The van der Waals surface area contributed by atoms with Crippen LogP contribution in [0.5, 0.6) is 0 Å². The van der Waals surface area contributed by atoms with E-state index < -0.39 is 0 Å². The molecule has 0 spiro atoms. The summed E-state index contributed by atoms with van der Waals surface area (Å²) < 4.78 is 0. The van der Waals surface area contributed by atoms with E-state index in [4.69, 9.17) is 0 Å². The van der Waals surface area contributed by atoms with E-state index in [9.17, 15) is 0 Å². The molecule has 0 saturated heterocycles. The van der Waals surface area contributed by atoms with Gasteiger partial charge in [0.05, 0.1) is 5.52 Å². The SMILES string of the molecule is CC1CCCC(CNc2ccc3ccccc3n2)C1. The number of para-hydroxylation sites is 1. The number of nitrogens with zero attached hydrogens (tertiary/aromatic N) is 1. The minimum Gasteiger partial charge on any atom is -0.370 e. The fraction of sp³-hybridized carbons (Fsp3) is 0.471. The van der Waals surface area contributed by atoms with Crippen molar-refractivity contribution in [3.05, 3.63) is 36.4 Å². The number of benzene rings is 1. The van der Waals surface area contributed by atoms with Crippen molar-refractivity contribution in [2.24, 2.45) is 11.8 Å². The molecule has 100 valence electrons. The number of nitrogens with one attached hydrogen (secondary N) is 1. The molecule has 2 nitrogen and oxygen atoms in total. The first-order valence-electron chi connectivity index (χ1n) is 7.41. The van der Waals surface area contributed by atoms with Crippen LogP contribution in [-0.4, -0.2) is 11.5 Å². The van der Waals surface area contributed by atoms with Gasteiger partial charge in [-0.25, -0.2) is 4.98 Å². The number of hydrogen-bond acceptors (Lipinski definition) is 2. The Hall–Kier alpha value is -1.57. The monoisotopic (exact) mass is 254 g/mol. The van der Waals surface area contributed by atoms with E-state index in [1.165, 1.54) is 31.1 Å². The van der Waals surface area contributed by atoms with Crippen molar-refractivity contribution >= 4 is 16.7 Å². The summed E-state index contributed by atoms with van der Waals surface area (Å²) in [5, 5.41) is 4.72. The second kappa shape index (κ2) is 5.60. The molecule has 2 heteroatoms. The molecule has 1 aromatic carbocycles. The summed E-state index contributed by atoms with van der Waals surface area (Å²) in [6, 6.07) is 12.5. The lowest BCUT2D eigenvalue weighted by atomic mass is 9.82. The third-order valence-electron chi connectivity index (χ3n) is 4.22. The molecule has 1 aromatic heterocycles. The molecule has 0 radical (unpaired) electrons. The van der Waals surface area contributed by atoms with Gasteiger partial charge in [-0.3, -0.25) is 0 Å². The highest BCUT2D eigenvalue weighted by atomic mass is 15.0. The number of pyridine rings is 1. The fourth-order valence-electron chi connectivity index (χ4n) is 3.16. The van der Waals surface area contributed by atoms with Crippen LogP contribution in [0, 0.1) is 11.8 Å². The molecule has 3 rings (SSSR count). The molecule has 2 unspecified atom stereocenters. The van der Waals surface area contributed by atoms with Gasteiger partial charge in [0.15, 0.2) is 0 Å². The average Bonchev–Trinajstić information content (AvgIpc) is 2.45. The Balaban J connectivity index is 1.64. The zero-order valence-corrected chi connectivity index (χ0v) is 11.6. The maximum absolute atomic E-state index is 4.67. The normalized spacial score (nSPS) is 23.4. The van der Waals surface area contributed by atoms with Gasteiger partial charge >= 0.3 is 0 Å². The fourth-order valence-corrected chi connectivity index (χ4v) is 3.16. The van der Waals surface area contributed by atoms with Gasteiger partial charge in [0, 0.05) is 11.9 Å². The van der Waals surface area contributed by atoms with Crippen LogP contribution < -0.4 is 5.32 Å². The Labute approximate surface area is 115 Å². The quantitative estimate of drug-likeness (QED) is 0.874. The molecule has 2 atom stereocenters. The van der Waals surface area contributed by atoms with Gasteiger partial charge in [-0.05, 0) is 42.9 Å². The highest BCUT2D eigenvalue weighted by molar-refractivity contribution is 5.79. The molecule has 1 fully saturated rings. The largest absolute Gasteiger partial charge is 0.370 e. The summed E-state index contributed by atoms with van der Waals surface area (Å²) in [6.07, 6.45) is 5.52. The van der Waals surface area contributed by atoms with E-state index in [1.807, 2.05) is 6.07 Å². The van der Waals surface area contributed by atoms with Gasteiger partial charge < -0.3 is 5.32 Å². The minimum atomic E-state index is 0.817. The molecule has 0 bridgehead atoms. The van der Waals surface area contributed by atoms with Crippen LogP contribution in [0.15, 0.2) is 36.4 Å². The summed E-state index contributed by atoms with van der Waals surface area (Å²) in [4.78, 5) is 4.67. The maximum atomic E-state index is 4.67. The summed E-state index contributed by atoms with van der Waals surface area (Å²) >= 11 is 0. The number of fused-ring (bicyclic) bond motifs is 1. The predicted octanol–water partition coefficient (Wildman–Crippen LogP) is 4.47. The van der Waals surface area contributed by atoms with Crippen molar-refractivity contribution < 1.29 is 0 Å². The first-order valence-corrected chi connectivity index (χ1v) is 7.41. The molecule has 1 N–H and O–H groups in total. The van der Waals surface area contributed by atoms with Gasteiger partial charge in [0.1, 0.15) is 5.82 Å². The third kappa shape index (κ3) is 3.06. The van der Waals surface area contributed by atoms with Crippen molar-refractivity contribution in [1.82, 2.24) is 4.98 Å². The van der Waals surface area contributed by atoms with Crippen LogP contribution in [-0.2, 0) is 0 Å². The standard InChI is InChI=1S/C17H22N2/c1-13-5-4-6-14(11-13)12-18-17-10-9-15-7-2-3-8-16(15)19-17/h2-3,7-10,13-14H,4-6,11-12H2,1H3,(H,18,19). The summed E-state index contributed by atoms with van der Waals surface area (Å²) in [6.45, 7) is 3.44. The molecule has 2 aromatic rings. The Morgan fingerprint density at radius 2 is 2.05 bits per heavy atom. The first-order chi connectivity index (χ1) is 9.31. The maximum Gasteiger partial charge on any atom is 0.126 e. The number of anilines is 1. The van der Waals surface area contributed by atoms with Crippen LogP contribution in [0.25, 0.3) is 10.9 Å². The van der Waals surface area contributed by atoms with Crippen molar-refractivity contribution in [3.63, 3.8) is 0 Å². The van der Waals surface area contributed by atoms with Crippen LogP contribution in [0.4, 0.5) is 5.82 Å². The molecular formula is C17H22N2. The van der Waals surface area contributed by atoms with Crippen LogP contribution in [0.1, 0.15) is 32.6 Å². The molecule has 1 aliphatic carbocycles. The Bertz CT molecular complexity index is 550. The van der Waals surface area contributed by atoms with Crippen molar-refractivity contribution in [1.29, 1.82) is 0 Å². The zero-order chi connectivity index (χ0) is 13.1. The number of hydrogen-bond donors (Lipinski definition) is 1. The molecule has 0 aliphatic heterocycles. The summed E-state index contributed by atoms with van der Waals surface area (Å²) in [5.41, 5.74) is 1.07. The van der Waals surface area contributed by atoms with Crippen molar-refractivity contribution in [3.8, 4) is 0 Å². The lowest BCUT2D eigenvalue weighted by Crippen LogP contribution is -2.21. The molecule has 1 aliphatic rings. The third-order valence-corrected chi connectivity index (χ3v) is 4.22.